The molecule has 1 aliphatic rings. The van der Waals surface area contributed by atoms with E-state index in [1.807, 2.05) is 22.9 Å². The number of aliphatic hydroxyl groups is 1. The molecular formula is C11H14N2O. The predicted molar refractivity (Wildman–Crippen MR) is 52.7 cm³/mol. The molecule has 0 aliphatic heterocycles. The summed E-state index contributed by atoms with van der Waals surface area (Å²) in [7, 11) is 0. The summed E-state index contributed by atoms with van der Waals surface area (Å²) in [6.07, 6.45) is 5.49. The van der Waals surface area contributed by atoms with E-state index in [9.17, 15) is 5.11 Å². The predicted octanol–water partition coefficient (Wildman–Crippen LogP) is 1.84. The van der Waals surface area contributed by atoms with Crippen LogP contribution in [-0.2, 0) is 0 Å². The van der Waals surface area contributed by atoms with Crippen molar-refractivity contribution in [3.05, 3.63) is 24.0 Å². The van der Waals surface area contributed by atoms with Crippen molar-refractivity contribution in [3.8, 4) is 6.07 Å². The van der Waals surface area contributed by atoms with Crippen LogP contribution < -0.4 is 0 Å². The highest BCUT2D eigenvalue weighted by molar-refractivity contribution is 5.22. The minimum atomic E-state index is -0.132. The topological polar surface area (TPSA) is 49.0 Å². The molecule has 0 unspecified atom stereocenters. The minimum absolute atomic E-state index is 0.132. The Hall–Kier alpha value is -1.27. The smallest absolute Gasteiger partial charge is 0.120 e. The number of rotatable bonds is 1. The van der Waals surface area contributed by atoms with Crippen LogP contribution in [0.2, 0.25) is 0 Å². The van der Waals surface area contributed by atoms with Gasteiger partial charge in [-0.1, -0.05) is 0 Å². The third-order valence-electron chi connectivity index (χ3n) is 2.95. The molecule has 1 saturated carbocycles. The average Bonchev–Trinajstić information content (AvgIpc) is 2.67. The van der Waals surface area contributed by atoms with E-state index in [0.717, 1.165) is 31.4 Å². The molecule has 0 saturated heterocycles. The quantitative estimate of drug-likeness (QED) is 0.734. The number of aromatic nitrogens is 1. The van der Waals surface area contributed by atoms with E-state index in [1.54, 1.807) is 0 Å². The molecule has 1 N–H and O–H groups in total. The maximum atomic E-state index is 9.38. The van der Waals surface area contributed by atoms with Crippen molar-refractivity contribution in [2.45, 2.75) is 37.8 Å². The Balaban J connectivity index is 2.13. The fraction of sp³-hybridized carbons (Fsp3) is 0.545. The molecule has 1 aromatic rings. The van der Waals surface area contributed by atoms with E-state index < -0.39 is 0 Å². The van der Waals surface area contributed by atoms with Crippen LogP contribution in [0.25, 0.3) is 0 Å². The molecule has 3 heteroatoms. The maximum Gasteiger partial charge on any atom is 0.120 e. The van der Waals surface area contributed by atoms with Crippen molar-refractivity contribution in [1.82, 2.24) is 4.57 Å². The Morgan fingerprint density at radius 3 is 2.71 bits per heavy atom. The molecule has 3 nitrogen and oxygen atoms in total. The first kappa shape index (κ1) is 9.29. The van der Waals surface area contributed by atoms with Crippen molar-refractivity contribution in [3.63, 3.8) is 0 Å². The molecule has 0 atom stereocenters. The van der Waals surface area contributed by atoms with E-state index >= 15 is 0 Å². The molecule has 0 amide bonds. The first-order valence-corrected chi connectivity index (χ1v) is 5.06. The van der Waals surface area contributed by atoms with Gasteiger partial charge >= 0.3 is 0 Å². The molecule has 74 valence electrons. The molecule has 2 rings (SSSR count). The molecule has 14 heavy (non-hydrogen) atoms. The number of nitrogens with zero attached hydrogens (tertiary/aromatic N) is 2. The molecule has 1 aromatic heterocycles. The molecule has 1 aliphatic carbocycles. The van der Waals surface area contributed by atoms with Crippen LogP contribution >= 0.6 is 0 Å². The van der Waals surface area contributed by atoms with Crippen molar-refractivity contribution < 1.29 is 5.11 Å². The summed E-state index contributed by atoms with van der Waals surface area (Å²) in [4.78, 5) is 0. The molecule has 0 bridgehead atoms. The van der Waals surface area contributed by atoms with Gasteiger partial charge in [0.25, 0.3) is 0 Å². The standard InChI is InChI=1S/C11H14N2O/c12-8-10-2-1-7-13(10)9-3-5-11(14)6-4-9/h1-2,7,9,11,14H,3-6H2. The number of nitriles is 1. The zero-order chi connectivity index (χ0) is 9.97. The summed E-state index contributed by atoms with van der Waals surface area (Å²) in [6.45, 7) is 0. The second kappa shape index (κ2) is 3.85. The highest BCUT2D eigenvalue weighted by Gasteiger charge is 2.21. The van der Waals surface area contributed by atoms with Crippen molar-refractivity contribution in [2.75, 3.05) is 0 Å². The van der Waals surface area contributed by atoms with Gasteiger partial charge in [0.2, 0.25) is 0 Å². The minimum Gasteiger partial charge on any atom is -0.393 e. The SMILES string of the molecule is N#Cc1cccn1C1CCC(O)CC1. The molecule has 0 radical (unpaired) electrons. The number of aliphatic hydroxyl groups excluding tert-OH is 1. The zero-order valence-electron chi connectivity index (χ0n) is 8.06. The highest BCUT2D eigenvalue weighted by Crippen LogP contribution is 2.29. The van der Waals surface area contributed by atoms with Gasteiger partial charge in [0.15, 0.2) is 0 Å². The van der Waals surface area contributed by atoms with E-state index in [1.165, 1.54) is 0 Å². The lowest BCUT2D eigenvalue weighted by molar-refractivity contribution is 0.110. The van der Waals surface area contributed by atoms with Gasteiger partial charge in [0, 0.05) is 12.2 Å². The van der Waals surface area contributed by atoms with Crippen molar-refractivity contribution in [1.29, 1.82) is 5.26 Å². The van der Waals surface area contributed by atoms with Gasteiger partial charge in [-0.3, -0.25) is 0 Å². The average molecular weight is 190 g/mol. The van der Waals surface area contributed by atoms with E-state index in [-0.39, 0.29) is 6.10 Å². The molecule has 0 aromatic carbocycles. The third kappa shape index (κ3) is 1.66. The van der Waals surface area contributed by atoms with Gasteiger partial charge in [0.05, 0.1) is 6.10 Å². The van der Waals surface area contributed by atoms with Crippen LogP contribution in [0.4, 0.5) is 0 Å². The Morgan fingerprint density at radius 2 is 2.07 bits per heavy atom. The van der Waals surface area contributed by atoms with Gasteiger partial charge in [-0.2, -0.15) is 5.26 Å². The zero-order valence-corrected chi connectivity index (χ0v) is 8.06. The lowest BCUT2D eigenvalue weighted by Crippen LogP contribution is -2.21. The summed E-state index contributed by atoms with van der Waals surface area (Å²) in [5.74, 6) is 0. The molecular weight excluding hydrogens is 176 g/mol. The summed E-state index contributed by atoms with van der Waals surface area (Å²) < 4.78 is 2.03. The van der Waals surface area contributed by atoms with Crippen molar-refractivity contribution >= 4 is 0 Å². The van der Waals surface area contributed by atoms with Crippen LogP contribution in [0.5, 0.6) is 0 Å². The van der Waals surface area contributed by atoms with Crippen LogP contribution in [0.3, 0.4) is 0 Å². The Bertz CT molecular complexity index is 342. The first-order chi connectivity index (χ1) is 6.81. The third-order valence-corrected chi connectivity index (χ3v) is 2.95. The monoisotopic (exact) mass is 190 g/mol. The van der Waals surface area contributed by atoms with Gasteiger partial charge < -0.3 is 9.67 Å². The Morgan fingerprint density at radius 1 is 1.36 bits per heavy atom. The lowest BCUT2D eigenvalue weighted by atomic mass is 9.93. The van der Waals surface area contributed by atoms with Gasteiger partial charge in [-0.25, -0.2) is 0 Å². The summed E-state index contributed by atoms with van der Waals surface area (Å²) in [5, 5.41) is 18.2. The molecule has 0 spiro atoms. The van der Waals surface area contributed by atoms with E-state index in [0.29, 0.717) is 6.04 Å². The van der Waals surface area contributed by atoms with Crippen molar-refractivity contribution in [2.24, 2.45) is 0 Å². The summed E-state index contributed by atoms with van der Waals surface area (Å²) >= 11 is 0. The lowest BCUT2D eigenvalue weighted by Gasteiger charge is -2.27. The van der Waals surface area contributed by atoms with Crippen LogP contribution in [0, 0.1) is 11.3 Å². The van der Waals surface area contributed by atoms with Crippen LogP contribution in [-0.4, -0.2) is 15.8 Å². The maximum absolute atomic E-state index is 9.38. The first-order valence-electron chi connectivity index (χ1n) is 5.06. The van der Waals surface area contributed by atoms with E-state index in [2.05, 4.69) is 6.07 Å². The second-order valence-electron chi connectivity index (χ2n) is 3.87. The molecule has 1 heterocycles. The fourth-order valence-electron chi connectivity index (χ4n) is 2.14. The number of hydrogen-bond donors (Lipinski definition) is 1. The second-order valence-corrected chi connectivity index (χ2v) is 3.87. The van der Waals surface area contributed by atoms with Crippen LogP contribution in [0.1, 0.15) is 37.4 Å². The van der Waals surface area contributed by atoms with Gasteiger partial charge in [-0.05, 0) is 37.8 Å². The van der Waals surface area contributed by atoms with Gasteiger partial charge in [-0.15, -0.1) is 0 Å². The highest BCUT2D eigenvalue weighted by atomic mass is 16.3. The molecule has 1 fully saturated rings. The Kier molecular flexibility index (Phi) is 2.55. The van der Waals surface area contributed by atoms with Crippen LogP contribution in [0.15, 0.2) is 18.3 Å². The Labute approximate surface area is 83.6 Å². The van der Waals surface area contributed by atoms with Gasteiger partial charge in [0.1, 0.15) is 11.8 Å². The normalized spacial score (nSPS) is 27.1. The summed E-state index contributed by atoms with van der Waals surface area (Å²) in [5.41, 5.74) is 0.728. The number of hydrogen-bond acceptors (Lipinski definition) is 2. The fourth-order valence-corrected chi connectivity index (χ4v) is 2.14. The van der Waals surface area contributed by atoms with E-state index in [4.69, 9.17) is 5.26 Å². The summed E-state index contributed by atoms with van der Waals surface area (Å²) in [6, 6.07) is 6.33. The largest absolute Gasteiger partial charge is 0.393 e.